The van der Waals surface area contributed by atoms with Crippen LogP contribution in [-0.2, 0) is 14.3 Å². The summed E-state index contributed by atoms with van der Waals surface area (Å²) in [5, 5.41) is 0. The number of benzene rings is 1. The minimum absolute atomic E-state index is 0.242. The van der Waals surface area contributed by atoms with Crippen molar-refractivity contribution >= 4 is 5.97 Å². The molecule has 1 aliphatic heterocycles. The second-order valence-electron chi connectivity index (χ2n) is 3.65. The molecule has 0 aromatic heterocycles. The number of ether oxygens (including phenoxy) is 4. The van der Waals surface area contributed by atoms with Crippen LogP contribution in [0.3, 0.4) is 0 Å². The zero-order valence-electron chi connectivity index (χ0n) is 9.55. The quantitative estimate of drug-likeness (QED) is 0.585. The van der Waals surface area contributed by atoms with Crippen molar-refractivity contribution in [1.82, 2.24) is 0 Å². The average molecular weight is 238 g/mol. The summed E-state index contributed by atoms with van der Waals surface area (Å²) in [5.41, 5.74) is 0. The molecule has 0 amide bonds. The molecule has 2 rings (SSSR count). The summed E-state index contributed by atoms with van der Waals surface area (Å²) < 4.78 is 20.3. The maximum Gasteiger partial charge on any atom is 0.319 e. The average Bonchev–Trinajstić information content (AvgIpc) is 2.40. The number of hydrogen-bond donors (Lipinski definition) is 0. The molecular weight excluding hydrogens is 224 g/mol. The van der Waals surface area contributed by atoms with Crippen molar-refractivity contribution in [3.8, 4) is 11.5 Å². The molecule has 5 nitrogen and oxygen atoms in total. The first-order chi connectivity index (χ1) is 8.29. The highest BCUT2D eigenvalue weighted by molar-refractivity contribution is 5.75. The number of rotatable bonds is 3. The molecule has 0 unspecified atom stereocenters. The molecule has 1 aromatic carbocycles. The van der Waals surface area contributed by atoms with Gasteiger partial charge in [-0.3, -0.25) is 4.79 Å². The molecule has 1 aromatic rings. The maximum atomic E-state index is 11.7. The van der Waals surface area contributed by atoms with Crippen molar-refractivity contribution in [1.29, 1.82) is 0 Å². The van der Waals surface area contributed by atoms with Gasteiger partial charge < -0.3 is 18.9 Å². The smallest absolute Gasteiger partial charge is 0.319 e. The summed E-state index contributed by atoms with van der Waals surface area (Å²) in [6.45, 7) is 0.927. The van der Waals surface area contributed by atoms with E-state index in [1.165, 1.54) is 0 Å². The monoisotopic (exact) mass is 238 g/mol. The first-order valence-electron chi connectivity index (χ1n) is 5.31. The van der Waals surface area contributed by atoms with Gasteiger partial charge in [-0.25, -0.2) is 0 Å². The zero-order valence-corrected chi connectivity index (χ0v) is 9.55. The van der Waals surface area contributed by atoms with Gasteiger partial charge in [-0.15, -0.1) is 0 Å². The molecule has 0 aliphatic carbocycles. The van der Waals surface area contributed by atoms with E-state index in [0.717, 1.165) is 0 Å². The Kier molecular flexibility index (Phi) is 3.95. The molecule has 1 fully saturated rings. The second kappa shape index (κ2) is 5.65. The minimum atomic E-state index is -0.356. The maximum absolute atomic E-state index is 11.7. The lowest BCUT2D eigenvalue weighted by Gasteiger charge is -2.20. The third-order valence-corrected chi connectivity index (χ3v) is 2.42. The molecule has 5 heteroatoms. The van der Waals surface area contributed by atoms with Crippen LogP contribution in [0, 0.1) is 5.92 Å². The van der Waals surface area contributed by atoms with Gasteiger partial charge in [0, 0.05) is 0 Å². The van der Waals surface area contributed by atoms with Gasteiger partial charge in [0.15, 0.2) is 0 Å². The van der Waals surface area contributed by atoms with E-state index in [4.69, 9.17) is 18.9 Å². The molecule has 0 bridgehead atoms. The third kappa shape index (κ3) is 3.18. The number of carbonyl (C=O) groups is 1. The first-order valence-corrected chi connectivity index (χ1v) is 5.31. The summed E-state index contributed by atoms with van der Waals surface area (Å²) in [6, 6.07) is 6.83. The SMILES string of the molecule is COc1ccc(OC(=O)C2COCOC2)cc1. The molecule has 92 valence electrons. The normalized spacial score (nSPS) is 16.5. The van der Waals surface area contributed by atoms with Crippen LogP contribution in [0.15, 0.2) is 24.3 Å². The number of hydrogen-bond acceptors (Lipinski definition) is 5. The molecule has 0 N–H and O–H groups in total. The van der Waals surface area contributed by atoms with Gasteiger partial charge in [-0.2, -0.15) is 0 Å². The van der Waals surface area contributed by atoms with Crippen LogP contribution in [0.5, 0.6) is 11.5 Å². The van der Waals surface area contributed by atoms with Gasteiger partial charge in [-0.1, -0.05) is 0 Å². The van der Waals surface area contributed by atoms with Crippen LogP contribution in [0.1, 0.15) is 0 Å². The fraction of sp³-hybridized carbons (Fsp3) is 0.417. The predicted octanol–water partition coefficient (Wildman–Crippen LogP) is 1.22. The molecule has 1 saturated heterocycles. The lowest BCUT2D eigenvalue weighted by molar-refractivity contribution is -0.163. The Hall–Kier alpha value is -1.59. The highest BCUT2D eigenvalue weighted by Gasteiger charge is 2.24. The van der Waals surface area contributed by atoms with Crippen molar-refractivity contribution < 1.29 is 23.7 Å². The molecule has 0 saturated carbocycles. The van der Waals surface area contributed by atoms with E-state index in [9.17, 15) is 4.79 Å². The van der Waals surface area contributed by atoms with E-state index in [0.29, 0.717) is 24.7 Å². The first kappa shape index (κ1) is 11.9. The van der Waals surface area contributed by atoms with Crippen LogP contribution in [0.4, 0.5) is 0 Å². The van der Waals surface area contributed by atoms with Crippen molar-refractivity contribution in [2.45, 2.75) is 0 Å². The summed E-state index contributed by atoms with van der Waals surface area (Å²) in [7, 11) is 1.58. The summed E-state index contributed by atoms with van der Waals surface area (Å²) in [6.07, 6.45) is 0. The fourth-order valence-electron chi connectivity index (χ4n) is 1.47. The highest BCUT2D eigenvalue weighted by atomic mass is 16.7. The Morgan fingerprint density at radius 1 is 1.18 bits per heavy atom. The Bertz CT molecular complexity index is 367. The lowest BCUT2D eigenvalue weighted by atomic mass is 10.2. The van der Waals surface area contributed by atoms with Gasteiger partial charge in [0.05, 0.1) is 20.3 Å². The van der Waals surface area contributed by atoms with E-state index < -0.39 is 0 Å². The minimum Gasteiger partial charge on any atom is -0.497 e. The van der Waals surface area contributed by atoms with Gasteiger partial charge in [0.2, 0.25) is 0 Å². The summed E-state index contributed by atoms with van der Waals surface area (Å²) in [5.74, 6) is 0.510. The van der Waals surface area contributed by atoms with Crippen molar-refractivity contribution in [3.05, 3.63) is 24.3 Å². The van der Waals surface area contributed by atoms with Gasteiger partial charge in [0.25, 0.3) is 0 Å². The van der Waals surface area contributed by atoms with Crippen molar-refractivity contribution in [2.24, 2.45) is 5.92 Å². The lowest BCUT2D eigenvalue weighted by Crippen LogP contribution is -2.33. The Morgan fingerprint density at radius 2 is 1.76 bits per heavy atom. The number of carbonyl (C=O) groups excluding carboxylic acids is 1. The van der Waals surface area contributed by atoms with Gasteiger partial charge in [-0.05, 0) is 24.3 Å². The zero-order chi connectivity index (χ0) is 12.1. The van der Waals surface area contributed by atoms with Gasteiger partial charge >= 0.3 is 5.97 Å². The van der Waals surface area contributed by atoms with Crippen LogP contribution in [0.2, 0.25) is 0 Å². The molecule has 17 heavy (non-hydrogen) atoms. The fourth-order valence-corrected chi connectivity index (χ4v) is 1.47. The Morgan fingerprint density at radius 3 is 2.35 bits per heavy atom. The highest BCUT2D eigenvalue weighted by Crippen LogP contribution is 2.18. The van der Waals surface area contributed by atoms with Crippen LogP contribution >= 0.6 is 0 Å². The largest absolute Gasteiger partial charge is 0.497 e. The van der Waals surface area contributed by atoms with Crippen molar-refractivity contribution in [3.63, 3.8) is 0 Å². The molecule has 1 aliphatic rings. The number of methoxy groups -OCH3 is 1. The third-order valence-electron chi connectivity index (χ3n) is 2.42. The van der Waals surface area contributed by atoms with E-state index in [1.807, 2.05) is 0 Å². The molecule has 0 atom stereocenters. The standard InChI is InChI=1S/C12H14O5/c1-14-10-2-4-11(5-3-10)17-12(13)9-6-15-8-16-7-9/h2-5,9H,6-8H2,1H3. The molecular formula is C12H14O5. The molecule has 1 heterocycles. The molecule has 0 spiro atoms. The van der Waals surface area contributed by atoms with E-state index in [2.05, 4.69) is 0 Å². The number of esters is 1. The van der Waals surface area contributed by atoms with E-state index >= 15 is 0 Å². The topological polar surface area (TPSA) is 54.0 Å². The summed E-state index contributed by atoms with van der Waals surface area (Å²) >= 11 is 0. The molecule has 0 radical (unpaired) electrons. The predicted molar refractivity (Wildman–Crippen MR) is 58.9 cm³/mol. The van der Waals surface area contributed by atoms with Crippen LogP contribution in [0.25, 0.3) is 0 Å². The van der Waals surface area contributed by atoms with Gasteiger partial charge in [0.1, 0.15) is 24.2 Å². The second-order valence-corrected chi connectivity index (χ2v) is 3.65. The van der Waals surface area contributed by atoms with E-state index in [-0.39, 0.29) is 18.7 Å². The summed E-state index contributed by atoms with van der Waals surface area (Å²) in [4.78, 5) is 11.7. The van der Waals surface area contributed by atoms with Crippen LogP contribution < -0.4 is 9.47 Å². The Balaban J connectivity index is 1.92. The van der Waals surface area contributed by atoms with E-state index in [1.54, 1.807) is 31.4 Å². The van der Waals surface area contributed by atoms with Crippen molar-refractivity contribution in [2.75, 3.05) is 27.1 Å². The van der Waals surface area contributed by atoms with Crippen LogP contribution in [-0.4, -0.2) is 33.1 Å². The Labute approximate surface area is 99.2 Å².